The standard InChI is InChI=1S/C24H32B2NO4/c1-21(2,28)22(3,4)29-25-15-9-11-17-18-12-10-16(14-20(18)27-19(17)13-15)26-30-23(5,6)24(7,8)31-26/h9-14,27-28H,1-8H3. The van der Waals surface area contributed by atoms with Crippen LogP contribution in [0.25, 0.3) is 21.8 Å². The molecule has 0 unspecified atom stereocenters. The van der Waals surface area contributed by atoms with E-state index in [2.05, 4.69) is 63.0 Å². The van der Waals surface area contributed by atoms with Crippen LogP contribution in [0.2, 0.25) is 0 Å². The molecule has 2 aromatic carbocycles. The maximum absolute atomic E-state index is 10.3. The summed E-state index contributed by atoms with van der Waals surface area (Å²) in [4.78, 5) is 3.52. The molecule has 2 N–H and O–H groups in total. The fraction of sp³-hybridized carbons (Fsp3) is 0.500. The average Bonchev–Trinajstić information content (AvgIpc) is 3.11. The SMILES string of the molecule is CC(C)(O)C(C)(C)O[B]c1ccc2c(c1)[nH]c1cc(B3OC(C)(C)C(C)(C)O3)ccc12. The van der Waals surface area contributed by atoms with E-state index >= 15 is 0 Å². The summed E-state index contributed by atoms with van der Waals surface area (Å²) in [6.07, 6.45) is 0. The first-order chi connectivity index (χ1) is 14.2. The highest BCUT2D eigenvalue weighted by molar-refractivity contribution is 6.62. The first-order valence-electron chi connectivity index (χ1n) is 10.8. The van der Waals surface area contributed by atoms with Crippen molar-refractivity contribution >= 4 is 47.3 Å². The maximum Gasteiger partial charge on any atom is 0.494 e. The zero-order chi connectivity index (χ0) is 22.8. The zero-order valence-corrected chi connectivity index (χ0v) is 19.8. The highest BCUT2D eigenvalue weighted by Gasteiger charge is 2.51. The van der Waals surface area contributed by atoms with E-state index in [1.54, 1.807) is 21.3 Å². The van der Waals surface area contributed by atoms with Gasteiger partial charge in [0, 0.05) is 21.8 Å². The van der Waals surface area contributed by atoms with Gasteiger partial charge in [0.05, 0.1) is 22.4 Å². The minimum atomic E-state index is -0.960. The molecule has 0 atom stereocenters. The molecule has 7 heteroatoms. The lowest BCUT2D eigenvalue weighted by molar-refractivity contribution is -0.0893. The van der Waals surface area contributed by atoms with Crippen molar-refractivity contribution in [2.45, 2.75) is 77.8 Å². The number of aliphatic hydroxyl groups is 1. The van der Waals surface area contributed by atoms with Crippen molar-refractivity contribution in [3.05, 3.63) is 36.4 Å². The molecule has 4 rings (SSSR count). The molecule has 31 heavy (non-hydrogen) atoms. The second-order valence-corrected chi connectivity index (χ2v) is 10.6. The second kappa shape index (κ2) is 7.11. The molecule has 0 spiro atoms. The molecule has 163 valence electrons. The molecule has 1 aliphatic rings. The van der Waals surface area contributed by atoms with Crippen molar-refractivity contribution in [2.24, 2.45) is 0 Å². The van der Waals surface area contributed by atoms with Gasteiger partial charge in [0.2, 0.25) is 0 Å². The molecule has 0 bridgehead atoms. The third-order valence-electron chi connectivity index (χ3n) is 7.14. The Morgan fingerprint density at radius 2 is 1.45 bits per heavy atom. The fourth-order valence-corrected chi connectivity index (χ4v) is 3.50. The van der Waals surface area contributed by atoms with E-state index in [4.69, 9.17) is 14.0 Å². The maximum atomic E-state index is 10.3. The quantitative estimate of drug-likeness (QED) is 0.621. The molecule has 0 saturated carbocycles. The Bertz CT molecular complexity index is 1110. The summed E-state index contributed by atoms with van der Waals surface area (Å²) < 4.78 is 18.3. The molecular formula is C24H32B2NO4. The van der Waals surface area contributed by atoms with Crippen LogP contribution in [-0.2, 0) is 14.0 Å². The van der Waals surface area contributed by atoms with Gasteiger partial charge in [0.1, 0.15) is 0 Å². The fourth-order valence-electron chi connectivity index (χ4n) is 3.50. The molecular weight excluding hydrogens is 388 g/mol. The van der Waals surface area contributed by atoms with Gasteiger partial charge in [0.15, 0.2) is 0 Å². The van der Waals surface area contributed by atoms with Crippen LogP contribution in [0.15, 0.2) is 36.4 Å². The van der Waals surface area contributed by atoms with E-state index in [1.807, 2.05) is 19.9 Å². The number of nitrogens with one attached hydrogen (secondary N) is 1. The summed E-state index contributed by atoms with van der Waals surface area (Å²) in [6.45, 7) is 15.5. The molecule has 1 fully saturated rings. The lowest BCUT2D eigenvalue weighted by Crippen LogP contribution is -2.49. The monoisotopic (exact) mass is 420 g/mol. The minimum absolute atomic E-state index is 0.366. The molecule has 0 aliphatic carbocycles. The van der Waals surface area contributed by atoms with E-state index in [-0.39, 0.29) is 18.3 Å². The Hall–Kier alpha value is -1.79. The van der Waals surface area contributed by atoms with Gasteiger partial charge >= 0.3 is 14.6 Å². The number of hydrogen-bond donors (Lipinski definition) is 2. The van der Waals surface area contributed by atoms with Gasteiger partial charge < -0.3 is 24.1 Å². The Kier molecular flexibility index (Phi) is 5.14. The van der Waals surface area contributed by atoms with Gasteiger partial charge in [-0.05, 0) is 73.0 Å². The van der Waals surface area contributed by atoms with Crippen LogP contribution < -0.4 is 10.9 Å². The first kappa shape index (κ1) is 22.4. The number of benzene rings is 2. The van der Waals surface area contributed by atoms with Crippen LogP contribution >= 0.6 is 0 Å². The van der Waals surface area contributed by atoms with Gasteiger partial charge in [-0.25, -0.2) is 0 Å². The third kappa shape index (κ3) is 3.93. The topological polar surface area (TPSA) is 63.7 Å². The predicted octanol–water partition coefficient (Wildman–Crippen LogP) is 3.43. The molecule has 3 aromatic rings. The molecule has 1 aliphatic heterocycles. The number of rotatable bonds is 5. The van der Waals surface area contributed by atoms with Crippen molar-refractivity contribution in [1.29, 1.82) is 0 Å². The highest BCUT2D eigenvalue weighted by Crippen LogP contribution is 2.36. The van der Waals surface area contributed by atoms with Crippen LogP contribution in [-0.4, -0.2) is 47.1 Å². The van der Waals surface area contributed by atoms with Crippen molar-refractivity contribution < 1.29 is 19.1 Å². The van der Waals surface area contributed by atoms with E-state index in [0.29, 0.717) is 0 Å². The molecule has 1 radical (unpaired) electrons. The Labute approximate surface area is 185 Å². The van der Waals surface area contributed by atoms with Gasteiger partial charge in [-0.15, -0.1) is 0 Å². The van der Waals surface area contributed by atoms with E-state index in [9.17, 15) is 5.11 Å². The third-order valence-corrected chi connectivity index (χ3v) is 7.14. The van der Waals surface area contributed by atoms with E-state index in [0.717, 1.165) is 32.7 Å². The van der Waals surface area contributed by atoms with Crippen LogP contribution in [0.5, 0.6) is 0 Å². The lowest BCUT2D eigenvalue weighted by Gasteiger charge is -2.37. The summed E-state index contributed by atoms with van der Waals surface area (Å²) in [5.74, 6) is 0. The van der Waals surface area contributed by atoms with Crippen molar-refractivity contribution in [3.63, 3.8) is 0 Å². The summed E-state index contributed by atoms with van der Waals surface area (Å²) in [7, 11) is 1.32. The van der Waals surface area contributed by atoms with Gasteiger partial charge in [-0.1, -0.05) is 29.7 Å². The van der Waals surface area contributed by atoms with Crippen LogP contribution in [0.3, 0.4) is 0 Å². The number of hydrogen-bond acceptors (Lipinski definition) is 4. The Balaban J connectivity index is 1.61. The van der Waals surface area contributed by atoms with E-state index in [1.165, 1.54) is 0 Å². The summed E-state index contributed by atoms with van der Waals surface area (Å²) in [5, 5.41) is 12.6. The van der Waals surface area contributed by atoms with Crippen molar-refractivity contribution in [1.82, 2.24) is 4.98 Å². The molecule has 1 saturated heterocycles. The molecule has 5 nitrogen and oxygen atoms in total. The van der Waals surface area contributed by atoms with E-state index < -0.39 is 11.2 Å². The number of aromatic amines is 1. The van der Waals surface area contributed by atoms with Crippen molar-refractivity contribution in [3.8, 4) is 0 Å². The van der Waals surface area contributed by atoms with Gasteiger partial charge in [-0.2, -0.15) is 0 Å². The minimum Gasteiger partial charge on any atom is -0.427 e. The Morgan fingerprint density at radius 1 is 0.903 bits per heavy atom. The number of H-pyrrole nitrogens is 1. The second-order valence-electron chi connectivity index (χ2n) is 10.6. The zero-order valence-electron chi connectivity index (χ0n) is 19.8. The van der Waals surface area contributed by atoms with Crippen molar-refractivity contribution in [2.75, 3.05) is 0 Å². The highest BCUT2D eigenvalue weighted by atomic mass is 16.7. The Morgan fingerprint density at radius 3 is 2.03 bits per heavy atom. The summed E-state index contributed by atoms with van der Waals surface area (Å²) in [5.41, 5.74) is 1.60. The largest absolute Gasteiger partial charge is 0.494 e. The molecule has 0 amide bonds. The number of aromatic nitrogens is 1. The van der Waals surface area contributed by atoms with Gasteiger partial charge in [0.25, 0.3) is 0 Å². The number of fused-ring (bicyclic) bond motifs is 3. The first-order valence-corrected chi connectivity index (χ1v) is 10.8. The van der Waals surface area contributed by atoms with Gasteiger partial charge in [-0.3, -0.25) is 0 Å². The average molecular weight is 420 g/mol. The predicted molar refractivity (Wildman–Crippen MR) is 128 cm³/mol. The summed E-state index contributed by atoms with van der Waals surface area (Å²) in [6, 6.07) is 12.5. The normalized spacial score (nSPS) is 18.8. The summed E-state index contributed by atoms with van der Waals surface area (Å²) >= 11 is 0. The molecule has 2 heterocycles. The van der Waals surface area contributed by atoms with Crippen LogP contribution in [0.4, 0.5) is 0 Å². The lowest BCUT2D eigenvalue weighted by atomic mass is 9.79. The smallest absolute Gasteiger partial charge is 0.427 e. The van der Waals surface area contributed by atoms with Crippen LogP contribution in [0, 0.1) is 0 Å². The molecule has 1 aromatic heterocycles. The van der Waals surface area contributed by atoms with Crippen LogP contribution in [0.1, 0.15) is 55.4 Å².